The van der Waals surface area contributed by atoms with Crippen LogP contribution in [0.1, 0.15) is 24.0 Å². The standard InChI is InChI=1S/C20H32N4O3/c1-15-5-8-17(18(11-15)27-14-16-6-7-16)12-22-20(21-9-10-26-4)23-13-19(25)24(2)3/h5,8,11,16H,6-7,9-10,12-14H2,1-4H3,(H2,21,22,23). The number of hydrogen-bond acceptors (Lipinski definition) is 4. The number of aryl methyl sites for hydroxylation is 1. The molecular weight excluding hydrogens is 344 g/mol. The number of nitrogens with zero attached hydrogens (tertiary/aromatic N) is 2. The first-order chi connectivity index (χ1) is 13.0. The number of aliphatic imine (C=N–C) groups is 1. The lowest BCUT2D eigenvalue weighted by atomic mass is 10.1. The molecule has 0 unspecified atom stereocenters. The second kappa shape index (κ2) is 10.8. The van der Waals surface area contributed by atoms with Gasteiger partial charge in [0.1, 0.15) is 5.75 Å². The summed E-state index contributed by atoms with van der Waals surface area (Å²) in [5, 5.41) is 6.25. The average molecular weight is 377 g/mol. The van der Waals surface area contributed by atoms with Crippen molar-refractivity contribution in [2.24, 2.45) is 10.9 Å². The van der Waals surface area contributed by atoms with Crippen molar-refractivity contribution in [3.05, 3.63) is 29.3 Å². The van der Waals surface area contributed by atoms with Crippen molar-refractivity contribution in [1.82, 2.24) is 15.5 Å². The Morgan fingerprint density at radius 3 is 2.74 bits per heavy atom. The van der Waals surface area contributed by atoms with Crippen molar-refractivity contribution >= 4 is 11.9 Å². The van der Waals surface area contributed by atoms with Crippen LogP contribution in [-0.4, -0.2) is 64.3 Å². The van der Waals surface area contributed by atoms with E-state index in [0.717, 1.165) is 17.9 Å². The molecule has 1 aromatic rings. The summed E-state index contributed by atoms with van der Waals surface area (Å²) in [7, 11) is 5.11. The summed E-state index contributed by atoms with van der Waals surface area (Å²) < 4.78 is 11.1. The van der Waals surface area contributed by atoms with Crippen molar-refractivity contribution in [2.45, 2.75) is 26.3 Å². The SMILES string of the molecule is COCCNC(=NCc1ccc(C)cc1OCC1CC1)NCC(=O)N(C)C. The highest BCUT2D eigenvalue weighted by atomic mass is 16.5. The zero-order chi connectivity index (χ0) is 19.6. The van der Waals surface area contributed by atoms with Crippen LogP contribution in [0, 0.1) is 12.8 Å². The monoisotopic (exact) mass is 376 g/mol. The van der Waals surface area contributed by atoms with Crippen molar-refractivity contribution < 1.29 is 14.3 Å². The third-order valence-corrected chi connectivity index (χ3v) is 4.31. The van der Waals surface area contributed by atoms with E-state index in [1.165, 1.54) is 18.4 Å². The number of methoxy groups -OCH3 is 1. The van der Waals surface area contributed by atoms with E-state index in [4.69, 9.17) is 9.47 Å². The van der Waals surface area contributed by atoms with Crippen LogP contribution in [0.3, 0.4) is 0 Å². The van der Waals surface area contributed by atoms with E-state index in [9.17, 15) is 4.79 Å². The van der Waals surface area contributed by atoms with Crippen LogP contribution in [0.4, 0.5) is 0 Å². The van der Waals surface area contributed by atoms with E-state index in [0.29, 0.717) is 31.6 Å². The summed E-state index contributed by atoms with van der Waals surface area (Å²) in [6.45, 7) is 4.65. The van der Waals surface area contributed by atoms with E-state index >= 15 is 0 Å². The molecule has 0 bridgehead atoms. The number of ether oxygens (including phenoxy) is 2. The van der Waals surface area contributed by atoms with Gasteiger partial charge < -0.3 is 25.0 Å². The molecule has 27 heavy (non-hydrogen) atoms. The molecular formula is C20H32N4O3. The van der Waals surface area contributed by atoms with Gasteiger partial charge in [0, 0.05) is 33.3 Å². The Hall–Kier alpha value is -2.28. The predicted molar refractivity (Wildman–Crippen MR) is 107 cm³/mol. The Balaban J connectivity index is 2.02. The molecule has 0 saturated heterocycles. The maximum absolute atomic E-state index is 11.8. The van der Waals surface area contributed by atoms with Gasteiger partial charge in [-0.15, -0.1) is 0 Å². The molecule has 0 heterocycles. The number of amides is 1. The summed E-state index contributed by atoms with van der Waals surface area (Å²) in [5.41, 5.74) is 2.20. The maximum atomic E-state index is 11.8. The Morgan fingerprint density at radius 1 is 1.30 bits per heavy atom. The molecule has 0 aromatic heterocycles. The minimum atomic E-state index is -0.0139. The van der Waals surface area contributed by atoms with E-state index < -0.39 is 0 Å². The van der Waals surface area contributed by atoms with Crippen molar-refractivity contribution in [1.29, 1.82) is 0 Å². The summed E-state index contributed by atoms with van der Waals surface area (Å²) in [6, 6.07) is 6.18. The highest BCUT2D eigenvalue weighted by Gasteiger charge is 2.22. The predicted octanol–water partition coefficient (Wildman–Crippen LogP) is 1.55. The Kier molecular flexibility index (Phi) is 8.39. The fourth-order valence-electron chi connectivity index (χ4n) is 2.35. The minimum Gasteiger partial charge on any atom is -0.493 e. The van der Waals surface area contributed by atoms with Crippen LogP contribution in [0.2, 0.25) is 0 Å². The Labute approximate surface area is 162 Å². The second-order valence-electron chi connectivity index (χ2n) is 7.09. The molecule has 1 aliphatic carbocycles. The summed E-state index contributed by atoms with van der Waals surface area (Å²) in [4.78, 5) is 18.0. The summed E-state index contributed by atoms with van der Waals surface area (Å²) in [6.07, 6.45) is 2.52. The molecule has 1 fully saturated rings. The zero-order valence-electron chi connectivity index (χ0n) is 16.9. The van der Waals surface area contributed by atoms with Gasteiger partial charge in [0.2, 0.25) is 5.91 Å². The second-order valence-corrected chi connectivity index (χ2v) is 7.09. The van der Waals surface area contributed by atoms with E-state index in [-0.39, 0.29) is 12.5 Å². The number of carbonyl (C=O) groups is 1. The van der Waals surface area contributed by atoms with Crippen LogP contribution in [0.5, 0.6) is 5.75 Å². The maximum Gasteiger partial charge on any atom is 0.241 e. The smallest absolute Gasteiger partial charge is 0.241 e. The normalized spacial score (nSPS) is 14.0. The Bertz CT molecular complexity index is 642. The molecule has 150 valence electrons. The average Bonchev–Trinajstić information content (AvgIpc) is 3.47. The number of guanidine groups is 1. The van der Waals surface area contributed by atoms with Crippen LogP contribution < -0.4 is 15.4 Å². The molecule has 0 spiro atoms. The van der Waals surface area contributed by atoms with Gasteiger partial charge >= 0.3 is 0 Å². The van der Waals surface area contributed by atoms with Gasteiger partial charge in [-0.05, 0) is 37.3 Å². The number of benzene rings is 1. The van der Waals surface area contributed by atoms with Gasteiger partial charge in [-0.3, -0.25) is 4.79 Å². The van der Waals surface area contributed by atoms with Crippen molar-refractivity contribution in [3.8, 4) is 5.75 Å². The lowest BCUT2D eigenvalue weighted by Gasteiger charge is -2.15. The molecule has 0 atom stereocenters. The zero-order valence-corrected chi connectivity index (χ0v) is 16.9. The summed E-state index contributed by atoms with van der Waals surface area (Å²) >= 11 is 0. The third kappa shape index (κ3) is 7.86. The fraction of sp³-hybridized carbons (Fsp3) is 0.600. The molecule has 1 aromatic carbocycles. The van der Waals surface area contributed by atoms with Crippen LogP contribution in [0.25, 0.3) is 0 Å². The summed E-state index contributed by atoms with van der Waals surface area (Å²) in [5.74, 6) is 2.16. The number of rotatable bonds is 10. The van der Waals surface area contributed by atoms with E-state index in [1.807, 2.05) is 0 Å². The molecule has 7 nitrogen and oxygen atoms in total. The van der Waals surface area contributed by atoms with Gasteiger partial charge in [-0.2, -0.15) is 0 Å². The topological polar surface area (TPSA) is 75.2 Å². The van der Waals surface area contributed by atoms with Gasteiger partial charge in [0.15, 0.2) is 5.96 Å². The number of carbonyl (C=O) groups excluding carboxylic acids is 1. The lowest BCUT2D eigenvalue weighted by molar-refractivity contribution is -0.127. The fourth-order valence-corrected chi connectivity index (χ4v) is 2.35. The van der Waals surface area contributed by atoms with Crippen LogP contribution in [0.15, 0.2) is 23.2 Å². The van der Waals surface area contributed by atoms with Gasteiger partial charge in [-0.25, -0.2) is 4.99 Å². The van der Waals surface area contributed by atoms with Crippen LogP contribution in [-0.2, 0) is 16.1 Å². The molecule has 7 heteroatoms. The van der Waals surface area contributed by atoms with Gasteiger partial charge in [0.25, 0.3) is 0 Å². The highest BCUT2D eigenvalue weighted by molar-refractivity contribution is 5.86. The quantitative estimate of drug-likeness (QED) is 0.368. The number of likely N-dealkylation sites (N-methyl/N-ethyl adjacent to an activating group) is 1. The lowest BCUT2D eigenvalue weighted by Crippen LogP contribution is -2.43. The largest absolute Gasteiger partial charge is 0.493 e. The highest BCUT2D eigenvalue weighted by Crippen LogP contribution is 2.30. The van der Waals surface area contributed by atoms with Gasteiger partial charge in [0.05, 0.1) is 26.3 Å². The molecule has 2 rings (SSSR count). The first-order valence-electron chi connectivity index (χ1n) is 9.43. The molecule has 1 saturated carbocycles. The van der Waals surface area contributed by atoms with E-state index in [2.05, 4.69) is 40.7 Å². The van der Waals surface area contributed by atoms with Crippen LogP contribution >= 0.6 is 0 Å². The molecule has 0 aliphatic heterocycles. The first-order valence-corrected chi connectivity index (χ1v) is 9.43. The number of nitrogens with one attached hydrogen (secondary N) is 2. The Morgan fingerprint density at radius 2 is 2.07 bits per heavy atom. The number of hydrogen-bond donors (Lipinski definition) is 2. The minimum absolute atomic E-state index is 0.0139. The molecule has 2 N–H and O–H groups in total. The molecule has 1 aliphatic rings. The third-order valence-electron chi connectivity index (χ3n) is 4.31. The van der Waals surface area contributed by atoms with Crippen molar-refractivity contribution in [3.63, 3.8) is 0 Å². The molecule has 1 amide bonds. The molecule has 0 radical (unpaired) electrons. The first kappa shape index (κ1) is 21.0. The van der Waals surface area contributed by atoms with Gasteiger partial charge in [-0.1, -0.05) is 12.1 Å². The van der Waals surface area contributed by atoms with E-state index in [1.54, 1.807) is 26.1 Å². The van der Waals surface area contributed by atoms with Crippen molar-refractivity contribution in [2.75, 3.05) is 47.5 Å².